The second-order valence-electron chi connectivity index (χ2n) is 4.67. The van der Waals surface area contributed by atoms with Crippen molar-refractivity contribution < 1.29 is 0 Å². The first-order valence-corrected chi connectivity index (χ1v) is 7.56. The number of nitrogens with zero attached hydrogens (tertiary/aromatic N) is 2. The molecule has 102 valence electrons. The van der Waals surface area contributed by atoms with Gasteiger partial charge in [-0.15, -0.1) is 11.8 Å². The molecule has 1 unspecified atom stereocenters. The molecule has 1 rings (SSSR count). The molecular weight excluding hydrogens is 252 g/mol. The summed E-state index contributed by atoms with van der Waals surface area (Å²) in [5.41, 5.74) is 0.740. The van der Waals surface area contributed by atoms with E-state index in [1.54, 1.807) is 0 Å². The van der Waals surface area contributed by atoms with E-state index in [1.165, 1.54) is 17.7 Å². The van der Waals surface area contributed by atoms with Gasteiger partial charge in [-0.3, -0.25) is 0 Å². The van der Waals surface area contributed by atoms with E-state index in [1.807, 2.05) is 36.8 Å². The quantitative estimate of drug-likeness (QED) is 0.547. The Labute approximate surface area is 121 Å². The molecule has 0 aromatic heterocycles. The fourth-order valence-electron chi connectivity index (χ4n) is 1.72. The predicted octanol–water partition coefficient (Wildman–Crippen LogP) is 4.31. The summed E-state index contributed by atoms with van der Waals surface area (Å²) in [4.78, 5) is 3.14. The van der Waals surface area contributed by atoms with Crippen LogP contribution in [0.15, 0.2) is 47.0 Å². The largest absolute Gasteiger partial charge is 0.369 e. The van der Waals surface area contributed by atoms with Gasteiger partial charge in [-0.25, -0.2) is 0 Å². The van der Waals surface area contributed by atoms with Crippen LogP contribution < -0.4 is 0 Å². The zero-order chi connectivity index (χ0) is 14.1. The monoisotopic (exact) mass is 274 g/mol. The Morgan fingerprint density at radius 1 is 1.37 bits per heavy atom. The molecule has 0 saturated heterocycles. The van der Waals surface area contributed by atoms with Crippen molar-refractivity contribution >= 4 is 11.8 Å². The Morgan fingerprint density at radius 2 is 2.05 bits per heavy atom. The standard InChI is InChI=1S/C16H22N2S/c1-4-5-9-16(12-14(13-17)18(2)3)19-15-10-7-6-8-11-15/h6-8,10-12,16H,4-5,9H2,1-3H3/b14-12+. The minimum absolute atomic E-state index is 0.361. The van der Waals surface area contributed by atoms with Crippen LogP contribution in [-0.2, 0) is 0 Å². The summed E-state index contributed by atoms with van der Waals surface area (Å²) >= 11 is 1.84. The number of hydrogen-bond acceptors (Lipinski definition) is 3. The van der Waals surface area contributed by atoms with Gasteiger partial charge in [0.05, 0.1) is 0 Å². The fourth-order valence-corrected chi connectivity index (χ4v) is 2.86. The second kappa shape index (κ2) is 8.66. The van der Waals surface area contributed by atoms with E-state index >= 15 is 0 Å². The third-order valence-electron chi connectivity index (χ3n) is 2.81. The number of unbranched alkanes of at least 4 members (excludes halogenated alkanes) is 1. The Bertz CT molecular complexity index is 432. The molecule has 0 N–H and O–H groups in total. The summed E-state index contributed by atoms with van der Waals surface area (Å²) in [7, 11) is 3.83. The highest BCUT2D eigenvalue weighted by Gasteiger charge is 2.10. The third-order valence-corrected chi connectivity index (χ3v) is 4.03. The summed E-state index contributed by atoms with van der Waals surface area (Å²) in [5.74, 6) is 0. The normalized spacial score (nSPS) is 12.8. The first-order chi connectivity index (χ1) is 9.17. The smallest absolute Gasteiger partial charge is 0.117 e. The molecule has 0 amide bonds. The summed E-state index contributed by atoms with van der Waals surface area (Å²) in [6.07, 6.45) is 5.57. The van der Waals surface area contributed by atoms with Gasteiger partial charge in [0.1, 0.15) is 11.8 Å². The number of benzene rings is 1. The lowest BCUT2D eigenvalue weighted by molar-refractivity contribution is 0.529. The Kier molecular flexibility index (Phi) is 7.14. The van der Waals surface area contributed by atoms with E-state index in [4.69, 9.17) is 5.26 Å². The SMILES string of the molecule is CCCCC(/C=C(\C#N)N(C)C)Sc1ccccc1. The van der Waals surface area contributed by atoms with Crippen LogP contribution in [0.5, 0.6) is 0 Å². The molecule has 0 bridgehead atoms. The van der Waals surface area contributed by atoms with Crippen molar-refractivity contribution in [3.63, 3.8) is 0 Å². The van der Waals surface area contributed by atoms with Crippen LogP contribution in [0, 0.1) is 11.3 Å². The maximum atomic E-state index is 9.17. The van der Waals surface area contributed by atoms with Crippen LogP contribution in [0.2, 0.25) is 0 Å². The van der Waals surface area contributed by atoms with E-state index in [9.17, 15) is 0 Å². The van der Waals surface area contributed by atoms with Gasteiger partial charge in [0.25, 0.3) is 0 Å². The van der Waals surface area contributed by atoms with Gasteiger partial charge in [0, 0.05) is 24.2 Å². The zero-order valence-electron chi connectivity index (χ0n) is 12.0. The van der Waals surface area contributed by atoms with E-state index < -0.39 is 0 Å². The van der Waals surface area contributed by atoms with Crippen LogP contribution in [0.3, 0.4) is 0 Å². The van der Waals surface area contributed by atoms with Crippen LogP contribution >= 0.6 is 11.8 Å². The van der Waals surface area contributed by atoms with E-state index in [0.29, 0.717) is 5.25 Å². The Hall–Kier alpha value is -1.40. The van der Waals surface area contributed by atoms with Crippen molar-refractivity contribution in [1.29, 1.82) is 5.26 Å². The molecule has 1 atom stereocenters. The topological polar surface area (TPSA) is 27.0 Å². The lowest BCUT2D eigenvalue weighted by Crippen LogP contribution is -2.12. The molecule has 1 aromatic rings. The molecule has 0 spiro atoms. The number of rotatable bonds is 7. The minimum Gasteiger partial charge on any atom is -0.369 e. The highest BCUT2D eigenvalue weighted by atomic mass is 32.2. The molecule has 2 nitrogen and oxygen atoms in total. The van der Waals surface area contributed by atoms with E-state index in [2.05, 4.69) is 43.3 Å². The van der Waals surface area contributed by atoms with Crippen molar-refractivity contribution in [2.45, 2.75) is 36.3 Å². The van der Waals surface area contributed by atoms with Crippen molar-refractivity contribution in [1.82, 2.24) is 4.90 Å². The molecule has 0 aliphatic heterocycles. The van der Waals surface area contributed by atoms with Crippen LogP contribution in [0.25, 0.3) is 0 Å². The lowest BCUT2D eigenvalue weighted by Gasteiger charge is -2.16. The van der Waals surface area contributed by atoms with Gasteiger partial charge in [0.2, 0.25) is 0 Å². The molecule has 0 fully saturated rings. The summed E-state index contributed by atoms with van der Waals surface area (Å²) < 4.78 is 0. The molecular formula is C16H22N2S. The number of allylic oxidation sites excluding steroid dienone is 1. The molecule has 1 aromatic carbocycles. The van der Waals surface area contributed by atoms with E-state index in [-0.39, 0.29) is 0 Å². The average molecular weight is 274 g/mol. The number of nitriles is 1. The highest BCUT2D eigenvalue weighted by molar-refractivity contribution is 8.00. The molecule has 0 aliphatic carbocycles. The van der Waals surface area contributed by atoms with Crippen LogP contribution in [-0.4, -0.2) is 24.2 Å². The number of thioether (sulfide) groups is 1. The zero-order valence-corrected chi connectivity index (χ0v) is 12.8. The summed E-state index contributed by atoms with van der Waals surface area (Å²) in [5, 5.41) is 9.53. The maximum absolute atomic E-state index is 9.17. The predicted molar refractivity (Wildman–Crippen MR) is 83.0 cm³/mol. The highest BCUT2D eigenvalue weighted by Crippen LogP contribution is 2.28. The van der Waals surface area contributed by atoms with Gasteiger partial charge in [0.15, 0.2) is 0 Å². The van der Waals surface area contributed by atoms with Crippen LogP contribution in [0.1, 0.15) is 26.2 Å². The Morgan fingerprint density at radius 3 is 2.58 bits per heavy atom. The van der Waals surface area contributed by atoms with Gasteiger partial charge < -0.3 is 4.90 Å². The summed E-state index contributed by atoms with van der Waals surface area (Å²) in [6, 6.07) is 12.7. The van der Waals surface area contributed by atoms with Gasteiger partial charge in [-0.1, -0.05) is 38.0 Å². The molecule has 0 radical (unpaired) electrons. The molecule has 0 saturated carbocycles. The summed E-state index contributed by atoms with van der Waals surface area (Å²) in [6.45, 7) is 2.20. The fraction of sp³-hybridized carbons (Fsp3) is 0.438. The van der Waals surface area contributed by atoms with Gasteiger partial charge >= 0.3 is 0 Å². The van der Waals surface area contributed by atoms with Crippen molar-refractivity contribution in [2.24, 2.45) is 0 Å². The first kappa shape index (κ1) is 15.7. The maximum Gasteiger partial charge on any atom is 0.117 e. The Balaban J connectivity index is 2.80. The molecule has 0 aliphatic rings. The molecule has 19 heavy (non-hydrogen) atoms. The molecule has 0 heterocycles. The molecule has 3 heteroatoms. The van der Waals surface area contributed by atoms with Crippen LogP contribution in [0.4, 0.5) is 0 Å². The number of hydrogen-bond donors (Lipinski definition) is 0. The first-order valence-electron chi connectivity index (χ1n) is 6.68. The lowest BCUT2D eigenvalue weighted by atomic mass is 10.2. The van der Waals surface area contributed by atoms with Crippen molar-refractivity contribution in [2.75, 3.05) is 14.1 Å². The average Bonchev–Trinajstić information content (AvgIpc) is 2.42. The third kappa shape index (κ3) is 5.85. The van der Waals surface area contributed by atoms with E-state index in [0.717, 1.165) is 12.1 Å². The van der Waals surface area contributed by atoms with Gasteiger partial charge in [-0.05, 0) is 24.6 Å². The van der Waals surface area contributed by atoms with Gasteiger partial charge in [-0.2, -0.15) is 5.26 Å². The van der Waals surface area contributed by atoms with Crippen molar-refractivity contribution in [3.8, 4) is 6.07 Å². The minimum atomic E-state index is 0.361. The van der Waals surface area contributed by atoms with Crippen molar-refractivity contribution in [3.05, 3.63) is 42.1 Å². The second-order valence-corrected chi connectivity index (χ2v) is 5.98.